The fraction of sp³-hybridized carbons (Fsp3) is 0.125. The maximum absolute atomic E-state index is 13.4. The predicted molar refractivity (Wildman–Crippen MR) is 120 cm³/mol. The first-order chi connectivity index (χ1) is 14.9. The number of anilines is 2. The van der Waals surface area contributed by atoms with Gasteiger partial charge in [-0.3, -0.25) is 19.3 Å². The van der Waals surface area contributed by atoms with Crippen molar-refractivity contribution in [3.05, 3.63) is 76.8 Å². The van der Waals surface area contributed by atoms with Crippen molar-refractivity contribution in [3.8, 4) is 16.9 Å². The quantitative estimate of drug-likeness (QED) is 0.597. The van der Waals surface area contributed by atoms with Gasteiger partial charge in [-0.2, -0.15) is 0 Å². The molecule has 1 N–H and O–H groups in total. The zero-order valence-electron chi connectivity index (χ0n) is 16.9. The van der Waals surface area contributed by atoms with Crippen molar-refractivity contribution in [2.75, 3.05) is 23.9 Å². The SMILES string of the molecule is COc1cc(C(=O)N2CC(=O)Nc3cc(C(C)=O)ccc32)cc(-c2ccc(Cl)cc2)c1. The van der Waals surface area contributed by atoms with E-state index in [0.717, 1.165) is 11.1 Å². The molecule has 0 saturated carbocycles. The first-order valence-corrected chi connectivity index (χ1v) is 9.95. The lowest BCUT2D eigenvalue weighted by molar-refractivity contribution is -0.115. The van der Waals surface area contributed by atoms with Crippen molar-refractivity contribution in [3.63, 3.8) is 0 Å². The van der Waals surface area contributed by atoms with E-state index in [1.165, 1.54) is 18.9 Å². The monoisotopic (exact) mass is 434 g/mol. The molecule has 0 unspecified atom stereocenters. The third kappa shape index (κ3) is 4.15. The van der Waals surface area contributed by atoms with Crippen LogP contribution in [0.15, 0.2) is 60.7 Å². The van der Waals surface area contributed by atoms with Crippen LogP contribution in [0.2, 0.25) is 5.02 Å². The zero-order valence-corrected chi connectivity index (χ0v) is 17.7. The van der Waals surface area contributed by atoms with Gasteiger partial charge in [0.25, 0.3) is 5.91 Å². The Morgan fingerprint density at radius 3 is 2.39 bits per heavy atom. The van der Waals surface area contributed by atoms with E-state index < -0.39 is 0 Å². The molecule has 0 aromatic heterocycles. The molecule has 0 bridgehead atoms. The molecular weight excluding hydrogens is 416 g/mol. The minimum Gasteiger partial charge on any atom is -0.497 e. The summed E-state index contributed by atoms with van der Waals surface area (Å²) in [5, 5.41) is 3.35. The van der Waals surface area contributed by atoms with Crippen molar-refractivity contribution in [2.24, 2.45) is 0 Å². The summed E-state index contributed by atoms with van der Waals surface area (Å²) in [6, 6.07) is 17.4. The summed E-state index contributed by atoms with van der Waals surface area (Å²) in [7, 11) is 1.53. The Hall–Kier alpha value is -3.64. The van der Waals surface area contributed by atoms with Crippen molar-refractivity contribution in [1.82, 2.24) is 0 Å². The lowest BCUT2D eigenvalue weighted by atomic mass is 10.0. The van der Waals surface area contributed by atoms with Gasteiger partial charge in [-0.25, -0.2) is 0 Å². The highest BCUT2D eigenvalue weighted by molar-refractivity contribution is 6.30. The smallest absolute Gasteiger partial charge is 0.258 e. The first-order valence-electron chi connectivity index (χ1n) is 9.57. The van der Waals surface area contributed by atoms with Gasteiger partial charge in [-0.1, -0.05) is 23.7 Å². The molecule has 1 aliphatic heterocycles. The topological polar surface area (TPSA) is 75.7 Å². The molecule has 7 heteroatoms. The number of fused-ring (bicyclic) bond motifs is 1. The lowest BCUT2D eigenvalue weighted by Gasteiger charge is -2.29. The van der Waals surface area contributed by atoms with Crippen LogP contribution >= 0.6 is 11.6 Å². The Bertz CT molecular complexity index is 1200. The Morgan fingerprint density at radius 1 is 0.968 bits per heavy atom. The van der Waals surface area contributed by atoms with Crippen LogP contribution in [0.5, 0.6) is 5.75 Å². The second-order valence-corrected chi connectivity index (χ2v) is 7.62. The molecule has 6 nitrogen and oxygen atoms in total. The molecule has 4 rings (SSSR count). The first kappa shape index (κ1) is 20.6. The van der Waals surface area contributed by atoms with Crippen molar-refractivity contribution in [2.45, 2.75) is 6.92 Å². The van der Waals surface area contributed by atoms with Crippen LogP contribution in [0.4, 0.5) is 11.4 Å². The van der Waals surface area contributed by atoms with E-state index in [4.69, 9.17) is 16.3 Å². The third-order valence-corrected chi connectivity index (χ3v) is 5.33. The van der Waals surface area contributed by atoms with Crippen LogP contribution in [-0.2, 0) is 4.79 Å². The fourth-order valence-electron chi connectivity index (χ4n) is 3.50. The molecule has 156 valence electrons. The van der Waals surface area contributed by atoms with E-state index in [9.17, 15) is 14.4 Å². The van der Waals surface area contributed by atoms with Gasteiger partial charge in [-0.05, 0) is 66.6 Å². The van der Waals surface area contributed by atoms with Gasteiger partial charge in [0.05, 0.1) is 18.5 Å². The number of ether oxygens (including phenoxy) is 1. The van der Waals surface area contributed by atoms with Crippen LogP contribution in [-0.4, -0.2) is 31.3 Å². The Morgan fingerprint density at radius 2 is 1.71 bits per heavy atom. The molecule has 0 spiro atoms. The normalized spacial score (nSPS) is 12.7. The van der Waals surface area contributed by atoms with Crippen LogP contribution in [0.3, 0.4) is 0 Å². The number of carbonyl (C=O) groups excluding carboxylic acids is 3. The molecule has 31 heavy (non-hydrogen) atoms. The number of hydrogen-bond acceptors (Lipinski definition) is 4. The summed E-state index contributed by atoms with van der Waals surface area (Å²) in [5.41, 5.74) is 3.46. The molecule has 3 aromatic rings. The summed E-state index contributed by atoms with van der Waals surface area (Å²) in [5.74, 6) is -0.284. The van der Waals surface area contributed by atoms with E-state index in [1.807, 2.05) is 18.2 Å². The molecule has 1 aliphatic rings. The highest BCUT2D eigenvalue weighted by atomic mass is 35.5. The second kappa shape index (κ2) is 8.24. The van der Waals surface area contributed by atoms with E-state index in [0.29, 0.717) is 33.3 Å². The number of rotatable bonds is 4. The predicted octanol–water partition coefficient (Wildman–Crippen LogP) is 4.82. The van der Waals surface area contributed by atoms with E-state index in [-0.39, 0.29) is 24.1 Å². The highest BCUT2D eigenvalue weighted by Crippen LogP contribution is 2.33. The number of methoxy groups -OCH3 is 1. The van der Waals surface area contributed by atoms with Crippen molar-refractivity contribution >= 4 is 40.6 Å². The Labute approximate surface area is 184 Å². The van der Waals surface area contributed by atoms with Gasteiger partial charge >= 0.3 is 0 Å². The number of amides is 2. The number of Topliss-reactive ketones (excluding diaryl/α,β-unsaturated/α-hetero) is 1. The van der Waals surface area contributed by atoms with Gasteiger partial charge < -0.3 is 10.1 Å². The van der Waals surface area contributed by atoms with Crippen LogP contribution in [0, 0.1) is 0 Å². The van der Waals surface area contributed by atoms with E-state index >= 15 is 0 Å². The zero-order chi connectivity index (χ0) is 22.1. The Kier molecular flexibility index (Phi) is 5.48. The minimum absolute atomic E-state index is 0.124. The van der Waals surface area contributed by atoms with Gasteiger partial charge in [0.2, 0.25) is 5.91 Å². The molecule has 0 saturated heterocycles. The molecule has 0 radical (unpaired) electrons. The largest absolute Gasteiger partial charge is 0.497 e. The molecule has 3 aromatic carbocycles. The number of nitrogens with one attached hydrogen (secondary N) is 1. The summed E-state index contributed by atoms with van der Waals surface area (Å²) in [6.07, 6.45) is 0. The average Bonchev–Trinajstić information content (AvgIpc) is 2.77. The number of carbonyl (C=O) groups is 3. The summed E-state index contributed by atoms with van der Waals surface area (Å²) >= 11 is 5.99. The summed E-state index contributed by atoms with van der Waals surface area (Å²) in [4.78, 5) is 38.8. The number of nitrogens with zero attached hydrogens (tertiary/aromatic N) is 1. The lowest BCUT2D eigenvalue weighted by Crippen LogP contribution is -2.42. The number of ketones is 1. The van der Waals surface area contributed by atoms with Crippen LogP contribution < -0.4 is 15.0 Å². The fourth-order valence-corrected chi connectivity index (χ4v) is 3.62. The van der Waals surface area contributed by atoms with Crippen molar-refractivity contribution in [1.29, 1.82) is 0 Å². The molecule has 0 fully saturated rings. The second-order valence-electron chi connectivity index (χ2n) is 7.18. The average molecular weight is 435 g/mol. The minimum atomic E-state index is -0.346. The molecule has 2 amide bonds. The third-order valence-electron chi connectivity index (χ3n) is 5.08. The highest BCUT2D eigenvalue weighted by Gasteiger charge is 2.28. The van der Waals surface area contributed by atoms with Crippen LogP contribution in [0.1, 0.15) is 27.6 Å². The maximum Gasteiger partial charge on any atom is 0.258 e. The van der Waals surface area contributed by atoms with Gasteiger partial charge in [0.1, 0.15) is 12.3 Å². The molecule has 1 heterocycles. The van der Waals surface area contributed by atoms with Gasteiger partial charge in [-0.15, -0.1) is 0 Å². The maximum atomic E-state index is 13.4. The molecule has 0 atom stereocenters. The van der Waals surface area contributed by atoms with Crippen molar-refractivity contribution < 1.29 is 19.1 Å². The standard InChI is InChI=1S/C24H19ClN2O4/c1-14(28)16-5-8-22-21(12-16)26-23(29)13-27(22)24(30)18-9-17(10-20(11-18)31-2)15-3-6-19(25)7-4-15/h3-12H,13H2,1-2H3,(H,26,29). The Balaban J connectivity index is 1.76. The van der Waals surface area contributed by atoms with Gasteiger partial charge in [0.15, 0.2) is 5.78 Å². The van der Waals surface area contributed by atoms with E-state index in [1.54, 1.807) is 42.5 Å². The summed E-state index contributed by atoms with van der Waals surface area (Å²) in [6.45, 7) is 1.32. The number of hydrogen-bond donors (Lipinski definition) is 1. The van der Waals surface area contributed by atoms with Gasteiger partial charge in [0, 0.05) is 16.1 Å². The number of halogens is 1. The molecule has 0 aliphatic carbocycles. The summed E-state index contributed by atoms with van der Waals surface area (Å²) < 4.78 is 5.40. The number of benzene rings is 3. The van der Waals surface area contributed by atoms with E-state index in [2.05, 4.69) is 5.32 Å². The molecular formula is C24H19ClN2O4. The van der Waals surface area contributed by atoms with Crippen LogP contribution in [0.25, 0.3) is 11.1 Å².